The maximum absolute atomic E-state index is 11.6. The van der Waals surface area contributed by atoms with Crippen LogP contribution in [0.3, 0.4) is 0 Å². The van der Waals surface area contributed by atoms with Gasteiger partial charge >= 0.3 is 5.97 Å². The first kappa shape index (κ1) is 11.3. The van der Waals surface area contributed by atoms with Crippen LogP contribution in [0.15, 0.2) is 30.5 Å². The Balaban J connectivity index is 1.98. The van der Waals surface area contributed by atoms with Crippen molar-refractivity contribution in [3.05, 3.63) is 36.0 Å². The molecule has 2 N–H and O–H groups in total. The molecule has 1 aromatic heterocycles. The maximum atomic E-state index is 11.6. The Morgan fingerprint density at radius 2 is 2.00 bits per heavy atom. The predicted octanol–water partition coefficient (Wildman–Crippen LogP) is 3.36. The van der Waals surface area contributed by atoms with Crippen molar-refractivity contribution in [3.63, 3.8) is 0 Å². The van der Waals surface area contributed by atoms with Crippen molar-refractivity contribution >= 4 is 16.9 Å². The van der Waals surface area contributed by atoms with Gasteiger partial charge in [0.2, 0.25) is 0 Å². The number of carboxylic acid groups (broad SMARTS) is 1. The lowest BCUT2D eigenvalue weighted by Gasteiger charge is -2.23. The van der Waals surface area contributed by atoms with Crippen LogP contribution < -0.4 is 0 Å². The number of H-pyrrole nitrogens is 1. The van der Waals surface area contributed by atoms with Gasteiger partial charge in [-0.15, -0.1) is 0 Å². The molecule has 0 spiro atoms. The predicted molar refractivity (Wildman–Crippen MR) is 70.5 cm³/mol. The van der Waals surface area contributed by atoms with Crippen molar-refractivity contribution in [2.24, 2.45) is 5.41 Å². The van der Waals surface area contributed by atoms with Gasteiger partial charge in [-0.1, -0.05) is 31.0 Å². The summed E-state index contributed by atoms with van der Waals surface area (Å²) in [6, 6.07) is 8.08. The number of hydrogen-bond donors (Lipinski definition) is 2. The molecular weight excluding hydrogens is 226 g/mol. The second-order valence-electron chi connectivity index (χ2n) is 5.33. The van der Waals surface area contributed by atoms with Crippen LogP contribution in [0.5, 0.6) is 0 Å². The van der Waals surface area contributed by atoms with Crippen molar-refractivity contribution in [2.75, 3.05) is 0 Å². The van der Waals surface area contributed by atoms with Crippen LogP contribution in [0.1, 0.15) is 31.2 Å². The molecule has 1 heterocycles. The first-order valence-electron chi connectivity index (χ1n) is 6.50. The van der Waals surface area contributed by atoms with Crippen molar-refractivity contribution < 1.29 is 9.90 Å². The molecule has 1 fully saturated rings. The number of aromatic nitrogens is 1. The van der Waals surface area contributed by atoms with Gasteiger partial charge < -0.3 is 10.1 Å². The van der Waals surface area contributed by atoms with E-state index in [1.54, 1.807) is 0 Å². The zero-order valence-electron chi connectivity index (χ0n) is 10.3. The third-order valence-corrected chi connectivity index (χ3v) is 4.22. The maximum Gasteiger partial charge on any atom is 0.309 e. The van der Waals surface area contributed by atoms with Crippen LogP contribution in [0.4, 0.5) is 0 Å². The number of rotatable bonds is 3. The van der Waals surface area contributed by atoms with E-state index in [4.69, 9.17) is 0 Å². The summed E-state index contributed by atoms with van der Waals surface area (Å²) in [5, 5.41) is 10.7. The Hall–Kier alpha value is -1.77. The van der Waals surface area contributed by atoms with Gasteiger partial charge in [0, 0.05) is 17.1 Å². The van der Waals surface area contributed by atoms with Gasteiger partial charge in [-0.25, -0.2) is 0 Å². The molecule has 3 rings (SSSR count). The van der Waals surface area contributed by atoms with E-state index < -0.39 is 11.4 Å². The summed E-state index contributed by atoms with van der Waals surface area (Å²) < 4.78 is 0. The third kappa shape index (κ3) is 1.70. The van der Waals surface area contributed by atoms with Crippen molar-refractivity contribution in [1.29, 1.82) is 0 Å². The zero-order chi connectivity index (χ0) is 12.6. The van der Waals surface area contributed by atoms with E-state index in [-0.39, 0.29) is 0 Å². The minimum absolute atomic E-state index is 0.537. The van der Waals surface area contributed by atoms with Gasteiger partial charge in [-0.2, -0.15) is 0 Å². The average molecular weight is 243 g/mol. The summed E-state index contributed by atoms with van der Waals surface area (Å²) in [5.41, 5.74) is 1.69. The van der Waals surface area contributed by atoms with E-state index in [0.29, 0.717) is 6.42 Å². The third-order valence-electron chi connectivity index (χ3n) is 4.22. The minimum Gasteiger partial charge on any atom is -0.481 e. The summed E-state index contributed by atoms with van der Waals surface area (Å²) in [7, 11) is 0. The lowest BCUT2D eigenvalue weighted by Crippen LogP contribution is -2.30. The molecule has 0 saturated heterocycles. The molecule has 2 aromatic rings. The van der Waals surface area contributed by atoms with E-state index >= 15 is 0 Å². The standard InChI is InChI=1S/C15H17NO2/c17-14(18)15(7-3-4-8-15)9-11-10-16-13-6-2-1-5-12(11)13/h1-2,5-6,10,16H,3-4,7-9H2,(H,17,18). The van der Waals surface area contributed by atoms with Gasteiger partial charge in [-0.05, 0) is 30.9 Å². The fraction of sp³-hybridized carbons (Fsp3) is 0.400. The normalized spacial score (nSPS) is 18.2. The number of aliphatic carboxylic acids is 1. The summed E-state index contributed by atoms with van der Waals surface area (Å²) in [6.07, 6.45) is 6.30. The lowest BCUT2D eigenvalue weighted by molar-refractivity contribution is -0.148. The van der Waals surface area contributed by atoms with E-state index in [1.165, 1.54) is 0 Å². The molecule has 18 heavy (non-hydrogen) atoms. The van der Waals surface area contributed by atoms with E-state index in [0.717, 1.165) is 42.1 Å². The zero-order valence-corrected chi connectivity index (χ0v) is 10.3. The van der Waals surface area contributed by atoms with Crippen LogP contribution in [0.2, 0.25) is 0 Å². The second kappa shape index (κ2) is 4.16. The first-order chi connectivity index (χ1) is 8.71. The van der Waals surface area contributed by atoms with Gasteiger partial charge in [0.1, 0.15) is 0 Å². The van der Waals surface area contributed by atoms with Crippen molar-refractivity contribution in [1.82, 2.24) is 4.98 Å². The molecule has 0 atom stereocenters. The molecule has 1 aliphatic carbocycles. The Bertz CT molecular complexity index is 579. The number of hydrogen-bond acceptors (Lipinski definition) is 1. The van der Waals surface area contributed by atoms with Gasteiger partial charge in [0.15, 0.2) is 0 Å². The fourth-order valence-electron chi connectivity index (χ4n) is 3.16. The second-order valence-corrected chi connectivity index (χ2v) is 5.33. The highest BCUT2D eigenvalue weighted by atomic mass is 16.4. The van der Waals surface area contributed by atoms with Crippen LogP contribution >= 0.6 is 0 Å². The number of carboxylic acids is 1. The molecule has 1 aliphatic rings. The number of carbonyl (C=O) groups is 1. The number of benzene rings is 1. The van der Waals surface area contributed by atoms with Crippen molar-refractivity contribution in [3.8, 4) is 0 Å². The quantitative estimate of drug-likeness (QED) is 0.868. The Morgan fingerprint density at radius 3 is 2.72 bits per heavy atom. The Morgan fingerprint density at radius 1 is 1.28 bits per heavy atom. The van der Waals surface area contributed by atoms with Gasteiger partial charge in [0.05, 0.1) is 5.41 Å². The molecular formula is C15H17NO2. The van der Waals surface area contributed by atoms with E-state index in [9.17, 15) is 9.90 Å². The molecule has 3 nitrogen and oxygen atoms in total. The van der Waals surface area contributed by atoms with Crippen LogP contribution in [0, 0.1) is 5.41 Å². The van der Waals surface area contributed by atoms with Crippen LogP contribution in [0.25, 0.3) is 10.9 Å². The number of para-hydroxylation sites is 1. The van der Waals surface area contributed by atoms with Crippen LogP contribution in [-0.2, 0) is 11.2 Å². The average Bonchev–Trinajstić information content (AvgIpc) is 2.99. The molecule has 0 bridgehead atoms. The summed E-state index contributed by atoms with van der Waals surface area (Å²) >= 11 is 0. The number of aromatic amines is 1. The van der Waals surface area contributed by atoms with Gasteiger partial charge in [0.25, 0.3) is 0 Å². The highest BCUT2D eigenvalue weighted by Gasteiger charge is 2.41. The highest BCUT2D eigenvalue weighted by molar-refractivity contribution is 5.84. The van der Waals surface area contributed by atoms with E-state index in [1.807, 2.05) is 24.4 Å². The molecule has 0 radical (unpaired) electrons. The Labute approximate surface area is 106 Å². The van der Waals surface area contributed by atoms with Crippen LogP contribution in [-0.4, -0.2) is 16.1 Å². The molecule has 0 unspecified atom stereocenters. The minimum atomic E-state index is -0.634. The largest absolute Gasteiger partial charge is 0.481 e. The number of nitrogens with one attached hydrogen (secondary N) is 1. The molecule has 1 aromatic carbocycles. The molecule has 3 heteroatoms. The summed E-state index contributed by atoms with van der Waals surface area (Å²) in [6.45, 7) is 0. The Kier molecular flexibility index (Phi) is 2.62. The smallest absolute Gasteiger partial charge is 0.309 e. The van der Waals surface area contributed by atoms with Gasteiger partial charge in [-0.3, -0.25) is 4.79 Å². The lowest BCUT2D eigenvalue weighted by atomic mass is 9.80. The molecule has 94 valence electrons. The first-order valence-corrected chi connectivity index (χ1v) is 6.50. The van der Waals surface area contributed by atoms with Crippen molar-refractivity contribution in [2.45, 2.75) is 32.1 Å². The fourth-order valence-corrected chi connectivity index (χ4v) is 3.16. The highest BCUT2D eigenvalue weighted by Crippen LogP contribution is 2.42. The van der Waals surface area contributed by atoms with E-state index in [2.05, 4.69) is 11.1 Å². The SMILES string of the molecule is O=C(O)C1(Cc2c[nH]c3ccccc23)CCCC1. The number of fused-ring (bicyclic) bond motifs is 1. The molecule has 1 saturated carbocycles. The topological polar surface area (TPSA) is 53.1 Å². The molecule has 0 aliphatic heterocycles. The summed E-state index contributed by atoms with van der Waals surface area (Å²) in [4.78, 5) is 14.8. The summed E-state index contributed by atoms with van der Waals surface area (Å²) in [5.74, 6) is -0.634. The monoisotopic (exact) mass is 243 g/mol. The molecule has 0 amide bonds.